The van der Waals surface area contributed by atoms with Gasteiger partial charge in [0, 0.05) is 12.5 Å². The first-order valence-electron chi connectivity index (χ1n) is 3.22. The summed E-state index contributed by atoms with van der Waals surface area (Å²) in [5, 5.41) is 0. The van der Waals surface area contributed by atoms with Crippen LogP contribution in [-0.2, 0) is 0 Å². The predicted octanol–water partition coefficient (Wildman–Crippen LogP) is 2.42. The van der Waals surface area contributed by atoms with Gasteiger partial charge in [-0.25, -0.2) is 0 Å². The molecule has 54 valence electrons. The third kappa shape index (κ3) is 0.655. The van der Waals surface area contributed by atoms with Crippen molar-refractivity contribution in [1.82, 2.24) is 0 Å². The van der Waals surface area contributed by atoms with Crippen LogP contribution in [0.25, 0.3) is 0 Å². The van der Waals surface area contributed by atoms with Crippen molar-refractivity contribution in [3.63, 3.8) is 0 Å². The van der Waals surface area contributed by atoms with Gasteiger partial charge in [0.1, 0.15) is 5.75 Å². The van der Waals surface area contributed by atoms with Crippen molar-refractivity contribution < 1.29 is 4.18 Å². The highest BCUT2D eigenvalue weighted by molar-refractivity contribution is 8.30. The molecule has 0 unspecified atom stereocenters. The van der Waals surface area contributed by atoms with Crippen LogP contribution < -0.4 is 4.18 Å². The molecule has 2 heteroatoms. The van der Waals surface area contributed by atoms with Crippen LogP contribution in [0.3, 0.4) is 0 Å². The van der Waals surface area contributed by atoms with E-state index in [9.17, 15) is 0 Å². The number of benzene rings is 1. The highest BCUT2D eigenvalue weighted by Gasteiger charge is 2.30. The van der Waals surface area contributed by atoms with Crippen LogP contribution in [-0.4, -0.2) is 12.5 Å². The standard InChI is InChI=1S/C8H10OS/c1-10(2)8-6-4-3-5-7(8)9-10/h3-6H,1-2H3. The number of hydrogen-bond donors (Lipinski definition) is 0. The summed E-state index contributed by atoms with van der Waals surface area (Å²) in [6.07, 6.45) is 4.32. The molecule has 0 bridgehead atoms. The lowest BCUT2D eigenvalue weighted by Crippen LogP contribution is -2.15. The summed E-state index contributed by atoms with van der Waals surface area (Å²) in [7, 11) is -0.841. The molecular formula is C8H10OS. The normalized spacial score (nSPS) is 21.8. The Morgan fingerprint density at radius 3 is 2.40 bits per heavy atom. The average Bonchev–Trinajstić information content (AvgIpc) is 1.86. The molecule has 10 heavy (non-hydrogen) atoms. The minimum Gasteiger partial charge on any atom is -0.444 e. The second-order valence-electron chi connectivity index (χ2n) is 2.76. The number of rotatable bonds is 0. The van der Waals surface area contributed by atoms with E-state index in [0.29, 0.717) is 0 Å². The van der Waals surface area contributed by atoms with Crippen LogP contribution in [0.2, 0.25) is 0 Å². The minimum atomic E-state index is -0.841. The SMILES string of the molecule is CS1(C)Oc2ccccc21. The van der Waals surface area contributed by atoms with Gasteiger partial charge >= 0.3 is 0 Å². The molecule has 0 aromatic heterocycles. The Hall–Kier alpha value is -0.630. The second kappa shape index (κ2) is 1.70. The summed E-state index contributed by atoms with van der Waals surface area (Å²) in [5.74, 6) is 1.07. The number of fused-ring (bicyclic) bond motifs is 1. The van der Waals surface area contributed by atoms with E-state index in [2.05, 4.69) is 24.6 Å². The fraction of sp³-hybridized carbons (Fsp3) is 0.250. The van der Waals surface area contributed by atoms with Crippen molar-refractivity contribution in [1.29, 1.82) is 0 Å². The zero-order valence-electron chi connectivity index (χ0n) is 6.13. The molecule has 1 nitrogen and oxygen atoms in total. The highest BCUT2D eigenvalue weighted by Crippen LogP contribution is 2.63. The molecular weight excluding hydrogens is 144 g/mol. The van der Waals surface area contributed by atoms with Gasteiger partial charge in [-0.15, -0.1) is 0 Å². The molecule has 0 radical (unpaired) electrons. The Labute approximate surface area is 62.5 Å². The van der Waals surface area contributed by atoms with E-state index in [1.807, 2.05) is 12.1 Å². The molecule has 1 heterocycles. The van der Waals surface area contributed by atoms with Crippen molar-refractivity contribution in [3.8, 4) is 5.75 Å². The maximum Gasteiger partial charge on any atom is 0.150 e. The predicted molar refractivity (Wildman–Crippen MR) is 44.8 cm³/mol. The first-order chi connectivity index (χ1) is 4.70. The number of hydrogen-bond acceptors (Lipinski definition) is 1. The lowest BCUT2D eigenvalue weighted by atomic mass is 10.3. The van der Waals surface area contributed by atoms with Crippen molar-refractivity contribution in [3.05, 3.63) is 24.3 Å². The summed E-state index contributed by atoms with van der Waals surface area (Å²) in [6, 6.07) is 8.24. The molecule has 0 amide bonds. The van der Waals surface area contributed by atoms with Crippen LogP contribution in [0.15, 0.2) is 29.2 Å². The van der Waals surface area contributed by atoms with Crippen LogP contribution >= 0.6 is 10.3 Å². The molecule has 0 saturated heterocycles. The molecule has 0 fully saturated rings. The molecule has 2 rings (SSSR count). The molecule has 1 aliphatic heterocycles. The molecule has 1 aromatic carbocycles. The lowest BCUT2D eigenvalue weighted by molar-refractivity contribution is 0.560. The molecule has 1 aliphatic rings. The minimum absolute atomic E-state index is 0.841. The van der Waals surface area contributed by atoms with Crippen molar-refractivity contribution in [2.24, 2.45) is 0 Å². The fourth-order valence-electron chi connectivity index (χ4n) is 1.16. The molecule has 0 saturated carbocycles. The van der Waals surface area contributed by atoms with Gasteiger partial charge in [-0.2, -0.15) is 0 Å². The monoisotopic (exact) mass is 154 g/mol. The third-order valence-corrected chi connectivity index (χ3v) is 3.67. The highest BCUT2D eigenvalue weighted by atomic mass is 32.3. The van der Waals surface area contributed by atoms with Gasteiger partial charge in [-0.1, -0.05) is 22.4 Å². The Bertz CT molecular complexity index is 268. The first kappa shape index (κ1) is 6.10. The molecule has 0 spiro atoms. The van der Waals surface area contributed by atoms with Crippen molar-refractivity contribution in [2.45, 2.75) is 4.90 Å². The van der Waals surface area contributed by atoms with Gasteiger partial charge in [-0.3, -0.25) is 0 Å². The second-order valence-corrected chi connectivity index (χ2v) is 5.84. The van der Waals surface area contributed by atoms with Crippen molar-refractivity contribution >= 4 is 10.3 Å². The van der Waals surface area contributed by atoms with Crippen LogP contribution in [0.5, 0.6) is 5.75 Å². The van der Waals surface area contributed by atoms with E-state index in [1.54, 1.807) is 0 Å². The van der Waals surface area contributed by atoms with E-state index in [-0.39, 0.29) is 0 Å². The summed E-state index contributed by atoms with van der Waals surface area (Å²) in [5.41, 5.74) is 0. The van der Waals surface area contributed by atoms with Gasteiger partial charge < -0.3 is 4.18 Å². The molecule has 0 aliphatic carbocycles. The van der Waals surface area contributed by atoms with E-state index in [1.165, 1.54) is 4.90 Å². The zero-order valence-corrected chi connectivity index (χ0v) is 6.94. The van der Waals surface area contributed by atoms with Crippen LogP contribution in [0.4, 0.5) is 0 Å². The topological polar surface area (TPSA) is 9.23 Å². The third-order valence-electron chi connectivity index (χ3n) is 1.68. The van der Waals surface area contributed by atoms with Gasteiger partial charge in [-0.05, 0) is 12.1 Å². The summed E-state index contributed by atoms with van der Waals surface area (Å²) in [4.78, 5) is 1.40. The summed E-state index contributed by atoms with van der Waals surface area (Å²) < 4.78 is 5.56. The van der Waals surface area contributed by atoms with E-state index < -0.39 is 10.3 Å². The number of para-hydroxylation sites is 1. The Morgan fingerprint density at radius 2 is 1.90 bits per heavy atom. The van der Waals surface area contributed by atoms with E-state index in [0.717, 1.165) is 5.75 Å². The fourth-order valence-corrected chi connectivity index (χ4v) is 2.73. The van der Waals surface area contributed by atoms with Gasteiger partial charge in [0.2, 0.25) is 0 Å². The molecule has 0 atom stereocenters. The maximum atomic E-state index is 5.56. The van der Waals surface area contributed by atoms with Gasteiger partial charge in [0.05, 0.1) is 4.90 Å². The van der Waals surface area contributed by atoms with E-state index in [4.69, 9.17) is 4.18 Å². The molecule has 1 aromatic rings. The van der Waals surface area contributed by atoms with Crippen molar-refractivity contribution in [2.75, 3.05) is 12.5 Å². The largest absolute Gasteiger partial charge is 0.444 e. The Morgan fingerprint density at radius 1 is 1.20 bits per heavy atom. The van der Waals surface area contributed by atoms with Gasteiger partial charge in [0.15, 0.2) is 0 Å². The zero-order chi connectivity index (χ0) is 7.19. The van der Waals surface area contributed by atoms with Gasteiger partial charge in [0.25, 0.3) is 0 Å². The lowest BCUT2D eigenvalue weighted by Gasteiger charge is -2.42. The Balaban J connectivity index is 2.53. The van der Waals surface area contributed by atoms with Crippen LogP contribution in [0.1, 0.15) is 0 Å². The van der Waals surface area contributed by atoms with Crippen LogP contribution in [0, 0.1) is 0 Å². The first-order valence-corrected chi connectivity index (χ1v) is 5.59. The quantitative estimate of drug-likeness (QED) is 0.557. The molecule has 0 N–H and O–H groups in total. The maximum absolute atomic E-state index is 5.56. The summed E-state index contributed by atoms with van der Waals surface area (Å²) >= 11 is 0. The van der Waals surface area contributed by atoms with E-state index >= 15 is 0 Å². The average molecular weight is 154 g/mol. The summed E-state index contributed by atoms with van der Waals surface area (Å²) in [6.45, 7) is 0. The smallest absolute Gasteiger partial charge is 0.150 e. The Kier molecular flexibility index (Phi) is 1.04.